The zero-order valence-electron chi connectivity index (χ0n) is 7.80. The molecule has 1 aliphatic rings. The number of esters is 1. The number of alkyl halides is 1. The van der Waals surface area contributed by atoms with Crippen LogP contribution in [0.25, 0.3) is 0 Å². The first-order chi connectivity index (χ1) is 6.02. The van der Waals surface area contributed by atoms with Crippen LogP contribution in [0.1, 0.15) is 26.7 Å². The van der Waals surface area contributed by atoms with Gasteiger partial charge >= 0.3 is 5.97 Å². The number of ketones is 1. The van der Waals surface area contributed by atoms with Gasteiger partial charge in [-0.2, -0.15) is 0 Å². The van der Waals surface area contributed by atoms with Crippen LogP contribution in [0.3, 0.4) is 0 Å². The average molecular weight is 249 g/mol. The molecule has 0 spiro atoms. The summed E-state index contributed by atoms with van der Waals surface area (Å²) in [4.78, 5) is 22.9. The number of halogens is 1. The van der Waals surface area contributed by atoms with Crippen molar-refractivity contribution in [1.82, 2.24) is 0 Å². The average Bonchev–Trinajstić information content (AvgIpc) is 2.35. The Morgan fingerprint density at radius 1 is 1.77 bits per heavy atom. The van der Waals surface area contributed by atoms with Crippen LogP contribution >= 0.6 is 15.9 Å². The number of ether oxygens (including phenoxy) is 1. The fraction of sp³-hybridized carbons (Fsp3) is 0.778. The molecule has 1 saturated carbocycles. The SMILES string of the molecule is CCOC(=O)C1(C)CCC(Br)C1=O. The third-order valence-corrected chi connectivity index (χ3v) is 3.33. The number of carbonyl (C=O) groups is 2. The quantitative estimate of drug-likeness (QED) is 0.425. The molecule has 4 heteroatoms. The molecule has 0 aliphatic heterocycles. The summed E-state index contributed by atoms with van der Waals surface area (Å²) < 4.78 is 4.87. The molecule has 0 N–H and O–H groups in total. The summed E-state index contributed by atoms with van der Waals surface area (Å²) in [6.45, 7) is 3.73. The Balaban J connectivity index is 2.77. The van der Waals surface area contributed by atoms with E-state index in [0.717, 1.165) is 0 Å². The van der Waals surface area contributed by atoms with Gasteiger partial charge in [-0.25, -0.2) is 0 Å². The number of hydrogen-bond donors (Lipinski definition) is 0. The highest BCUT2D eigenvalue weighted by Gasteiger charge is 2.49. The lowest BCUT2D eigenvalue weighted by Gasteiger charge is -2.19. The minimum absolute atomic E-state index is 0.0500. The molecular weight excluding hydrogens is 236 g/mol. The fourth-order valence-corrected chi connectivity index (χ4v) is 2.24. The highest BCUT2D eigenvalue weighted by atomic mass is 79.9. The third-order valence-electron chi connectivity index (χ3n) is 2.45. The molecule has 0 saturated heterocycles. The van der Waals surface area contributed by atoms with Gasteiger partial charge in [0.1, 0.15) is 5.41 Å². The molecule has 74 valence electrons. The lowest BCUT2D eigenvalue weighted by molar-refractivity contribution is -0.157. The predicted molar refractivity (Wildman–Crippen MR) is 51.7 cm³/mol. The van der Waals surface area contributed by atoms with Crippen molar-refractivity contribution in [2.45, 2.75) is 31.5 Å². The maximum absolute atomic E-state index is 11.6. The summed E-state index contributed by atoms with van der Waals surface area (Å²) in [5.41, 5.74) is -0.913. The van der Waals surface area contributed by atoms with Gasteiger partial charge in [0.2, 0.25) is 0 Å². The van der Waals surface area contributed by atoms with E-state index in [9.17, 15) is 9.59 Å². The minimum atomic E-state index is -0.913. The zero-order chi connectivity index (χ0) is 10.1. The second-order valence-corrected chi connectivity index (χ2v) is 4.53. The zero-order valence-corrected chi connectivity index (χ0v) is 9.39. The number of Topliss-reactive ketones (excluding diaryl/α,β-unsaturated/α-hetero) is 1. The van der Waals surface area contributed by atoms with Gasteiger partial charge < -0.3 is 4.74 Å². The third kappa shape index (κ3) is 1.77. The van der Waals surface area contributed by atoms with Crippen LogP contribution in [-0.4, -0.2) is 23.2 Å². The van der Waals surface area contributed by atoms with Gasteiger partial charge in [0.25, 0.3) is 0 Å². The summed E-state index contributed by atoms with van der Waals surface area (Å²) in [5, 5.41) is 0. The van der Waals surface area contributed by atoms with E-state index in [1.807, 2.05) is 0 Å². The molecular formula is C9H13BrO3. The van der Waals surface area contributed by atoms with Crippen molar-refractivity contribution in [3.63, 3.8) is 0 Å². The molecule has 1 rings (SSSR count). The van der Waals surface area contributed by atoms with E-state index in [4.69, 9.17) is 4.74 Å². The molecule has 0 aromatic heterocycles. The minimum Gasteiger partial charge on any atom is -0.465 e. The van der Waals surface area contributed by atoms with E-state index in [1.165, 1.54) is 0 Å². The van der Waals surface area contributed by atoms with Crippen molar-refractivity contribution in [1.29, 1.82) is 0 Å². The number of hydrogen-bond acceptors (Lipinski definition) is 3. The van der Waals surface area contributed by atoms with Gasteiger partial charge in [-0.05, 0) is 26.7 Å². The van der Waals surface area contributed by atoms with E-state index >= 15 is 0 Å². The van der Waals surface area contributed by atoms with Gasteiger partial charge in [-0.3, -0.25) is 9.59 Å². The largest absolute Gasteiger partial charge is 0.465 e. The van der Waals surface area contributed by atoms with Gasteiger partial charge in [-0.15, -0.1) is 0 Å². The topological polar surface area (TPSA) is 43.4 Å². The molecule has 0 aromatic rings. The maximum Gasteiger partial charge on any atom is 0.319 e. The molecule has 3 nitrogen and oxygen atoms in total. The van der Waals surface area contributed by atoms with Crippen molar-refractivity contribution in [3.8, 4) is 0 Å². The first-order valence-electron chi connectivity index (χ1n) is 4.38. The van der Waals surface area contributed by atoms with Crippen LogP contribution in [0, 0.1) is 5.41 Å². The highest BCUT2D eigenvalue weighted by Crippen LogP contribution is 2.38. The Morgan fingerprint density at radius 3 is 2.77 bits per heavy atom. The van der Waals surface area contributed by atoms with Crippen LogP contribution in [0.15, 0.2) is 0 Å². The van der Waals surface area contributed by atoms with Crippen LogP contribution in [-0.2, 0) is 14.3 Å². The highest BCUT2D eigenvalue weighted by molar-refractivity contribution is 9.10. The van der Waals surface area contributed by atoms with Crippen molar-refractivity contribution in [2.24, 2.45) is 5.41 Å². The Bertz CT molecular complexity index is 239. The van der Waals surface area contributed by atoms with Crippen molar-refractivity contribution in [2.75, 3.05) is 6.61 Å². The predicted octanol–water partition coefficient (Wildman–Crippen LogP) is 1.68. The van der Waals surface area contributed by atoms with E-state index in [-0.39, 0.29) is 16.6 Å². The molecule has 0 bridgehead atoms. The smallest absolute Gasteiger partial charge is 0.319 e. The van der Waals surface area contributed by atoms with Crippen molar-refractivity contribution < 1.29 is 14.3 Å². The summed E-state index contributed by atoms with van der Waals surface area (Å²) >= 11 is 3.24. The summed E-state index contributed by atoms with van der Waals surface area (Å²) in [6, 6.07) is 0. The fourth-order valence-electron chi connectivity index (χ4n) is 1.51. The molecule has 1 fully saturated rings. The Hall–Kier alpha value is -0.380. The number of carbonyl (C=O) groups excluding carboxylic acids is 2. The van der Waals surface area contributed by atoms with Gasteiger partial charge in [-0.1, -0.05) is 15.9 Å². The normalized spacial score (nSPS) is 33.5. The molecule has 0 amide bonds. The molecule has 1 aliphatic carbocycles. The van der Waals surface area contributed by atoms with E-state index in [2.05, 4.69) is 15.9 Å². The Labute approximate surface area is 86.0 Å². The van der Waals surface area contributed by atoms with E-state index < -0.39 is 5.41 Å². The second-order valence-electron chi connectivity index (χ2n) is 3.42. The molecule has 13 heavy (non-hydrogen) atoms. The van der Waals surface area contributed by atoms with Gasteiger partial charge in [0.05, 0.1) is 11.4 Å². The molecule has 2 atom stereocenters. The summed E-state index contributed by atoms with van der Waals surface area (Å²) in [7, 11) is 0. The Kier molecular flexibility index (Phi) is 3.11. The Morgan fingerprint density at radius 2 is 2.38 bits per heavy atom. The van der Waals surface area contributed by atoms with Crippen LogP contribution < -0.4 is 0 Å². The summed E-state index contributed by atoms with van der Waals surface area (Å²) in [5.74, 6) is -0.437. The van der Waals surface area contributed by atoms with Crippen molar-refractivity contribution in [3.05, 3.63) is 0 Å². The van der Waals surface area contributed by atoms with Gasteiger partial charge in [0.15, 0.2) is 5.78 Å². The maximum atomic E-state index is 11.6. The van der Waals surface area contributed by atoms with Crippen molar-refractivity contribution >= 4 is 27.7 Å². The molecule has 0 aromatic carbocycles. The van der Waals surface area contributed by atoms with E-state index in [1.54, 1.807) is 13.8 Å². The summed E-state index contributed by atoms with van der Waals surface area (Å²) in [6.07, 6.45) is 1.30. The second kappa shape index (κ2) is 3.78. The molecule has 0 heterocycles. The number of rotatable bonds is 2. The first kappa shape index (κ1) is 10.7. The standard InChI is InChI=1S/C9H13BrO3/c1-3-13-8(12)9(2)5-4-6(10)7(9)11/h6H,3-5H2,1-2H3. The molecule has 0 radical (unpaired) electrons. The monoisotopic (exact) mass is 248 g/mol. The van der Waals surface area contributed by atoms with Gasteiger partial charge in [0, 0.05) is 0 Å². The first-order valence-corrected chi connectivity index (χ1v) is 5.29. The van der Waals surface area contributed by atoms with Crippen LogP contribution in [0.5, 0.6) is 0 Å². The van der Waals surface area contributed by atoms with Crippen LogP contribution in [0.2, 0.25) is 0 Å². The lowest BCUT2D eigenvalue weighted by atomic mass is 9.88. The lowest BCUT2D eigenvalue weighted by Crippen LogP contribution is -2.35. The van der Waals surface area contributed by atoms with Crippen LogP contribution in [0.4, 0.5) is 0 Å². The molecule has 2 unspecified atom stereocenters. The van der Waals surface area contributed by atoms with E-state index in [0.29, 0.717) is 19.4 Å².